The number of para-hydroxylation sites is 1. The maximum atomic E-state index is 13.0. The predicted molar refractivity (Wildman–Crippen MR) is 91.3 cm³/mol. The molecule has 0 amide bonds. The summed E-state index contributed by atoms with van der Waals surface area (Å²) >= 11 is 0. The van der Waals surface area contributed by atoms with Gasteiger partial charge in [-0.15, -0.1) is 0 Å². The largest absolute Gasteiger partial charge is 0.460 e. The van der Waals surface area contributed by atoms with Crippen molar-refractivity contribution < 1.29 is 17.9 Å². The Hall–Kier alpha value is -2.60. The van der Waals surface area contributed by atoms with Crippen LogP contribution in [0.25, 0.3) is 10.9 Å². The molecule has 1 aromatic heterocycles. The Morgan fingerprint density at radius 1 is 1.08 bits per heavy atom. The lowest BCUT2D eigenvalue weighted by molar-refractivity contribution is -0.133. The topological polar surface area (TPSA) is 65.4 Å². The number of carbonyl (C=O) groups excluding carboxylic acids is 1. The summed E-state index contributed by atoms with van der Waals surface area (Å²) in [6.07, 6.45) is 0.982. The molecule has 3 aromatic rings. The van der Waals surface area contributed by atoms with Gasteiger partial charge in [-0.25, -0.2) is 12.4 Å². The third-order valence-corrected chi connectivity index (χ3v) is 5.67. The number of rotatable bonds is 5. The number of fused-ring (bicyclic) bond motifs is 1. The second-order valence-electron chi connectivity index (χ2n) is 5.59. The highest BCUT2D eigenvalue weighted by atomic mass is 32.2. The lowest BCUT2D eigenvalue weighted by Crippen LogP contribution is -2.12. The summed E-state index contributed by atoms with van der Waals surface area (Å²) < 4.78 is 32.2. The number of benzene rings is 2. The first-order valence-corrected chi connectivity index (χ1v) is 8.90. The van der Waals surface area contributed by atoms with Crippen LogP contribution < -0.4 is 0 Å². The lowest BCUT2D eigenvalue weighted by atomic mass is 10.1. The van der Waals surface area contributed by atoms with Gasteiger partial charge in [-0.1, -0.05) is 35.9 Å². The van der Waals surface area contributed by atoms with Crippen molar-refractivity contribution in [2.45, 2.75) is 24.8 Å². The van der Waals surface area contributed by atoms with Crippen LogP contribution in [-0.4, -0.2) is 18.9 Å². The zero-order valence-corrected chi connectivity index (χ0v) is 14.2. The molecule has 24 heavy (non-hydrogen) atoms. The number of ether oxygens (including phenoxy) is 1. The summed E-state index contributed by atoms with van der Waals surface area (Å²) in [6, 6.07) is 13.8. The van der Waals surface area contributed by atoms with Crippen LogP contribution >= 0.6 is 0 Å². The molecule has 5 nitrogen and oxygen atoms in total. The van der Waals surface area contributed by atoms with E-state index in [0.717, 1.165) is 10.9 Å². The van der Waals surface area contributed by atoms with Crippen molar-refractivity contribution >= 4 is 27.4 Å². The van der Waals surface area contributed by atoms with E-state index in [1.165, 1.54) is 10.2 Å². The molecule has 0 fully saturated rings. The first-order chi connectivity index (χ1) is 11.4. The number of nitrogens with zero attached hydrogens (tertiary/aromatic N) is 1. The van der Waals surface area contributed by atoms with Gasteiger partial charge in [-0.2, -0.15) is 0 Å². The third-order valence-electron chi connectivity index (χ3n) is 3.98. The summed E-state index contributed by atoms with van der Waals surface area (Å²) in [7, 11) is -3.74. The number of hydrogen-bond donors (Lipinski definition) is 0. The van der Waals surface area contributed by atoms with E-state index in [1.807, 2.05) is 19.1 Å². The van der Waals surface area contributed by atoms with E-state index >= 15 is 0 Å². The molecule has 2 aromatic carbocycles. The molecular weight excluding hydrogens is 326 g/mol. The van der Waals surface area contributed by atoms with Crippen molar-refractivity contribution in [3.05, 3.63) is 65.9 Å². The maximum absolute atomic E-state index is 13.0. The van der Waals surface area contributed by atoms with Gasteiger partial charge in [0.15, 0.2) is 0 Å². The Balaban J connectivity index is 2.22. The minimum absolute atomic E-state index is 0.212. The van der Waals surface area contributed by atoms with Crippen LogP contribution in [0.1, 0.15) is 24.2 Å². The van der Waals surface area contributed by atoms with Gasteiger partial charge in [-0.3, -0.25) is 4.79 Å². The molecule has 0 aliphatic rings. The van der Waals surface area contributed by atoms with E-state index < -0.39 is 16.1 Å². The summed E-state index contributed by atoms with van der Waals surface area (Å²) in [6.45, 7) is 3.97. The molecule has 0 spiro atoms. The van der Waals surface area contributed by atoms with Gasteiger partial charge in [0.1, 0.15) is 6.10 Å². The zero-order valence-electron chi connectivity index (χ0n) is 13.3. The fraction of sp³-hybridized carbons (Fsp3) is 0.167. The normalized spacial score (nSPS) is 12.9. The van der Waals surface area contributed by atoms with E-state index in [9.17, 15) is 13.2 Å². The summed E-state index contributed by atoms with van der Waals surface area (Å²) in [5.74, 6) is 0. The molecule has 0 aliphatic carbocycles. The fourth-order valence-corrected chi connectivity index (χ4v) is 4.06. The number of carbonyl (C=O) groups is 1. The highest BCUT2D eigenvalue weighted by Crippen LogP contribution is 2.30. The van der Waals surface area contributed by atoms with Crippen molar-refractivity contribution in [2.75, 3.05) is 0 Å². The molecule has 0 N–H and O–H groups in total. The zero-order chi connectivity index (χ0) is 17.3. The molecule has 6 heteroatoms. The highest BCUT2D eigenvalue weighted by Gasteiger charge is 2.23. The van der Waals surface area contributed by atoms with Crippen LogP contribution in [0.5, 0.6) is 0 Å². The van der Waals surface area contributed by atoms with Crippen molar-refractivity contribution in [2.24, 2.45) is 0 Å². The Kier molecular flexibility index (Phi) is 4.15. The molecule has 0 saturated heterocycles. The molecule has 0 saturated carbocycles. The third kappa shape index (κ3) is 2.69. The minimum Gasteiger partial charge on any atom is -0.460 e. The van der Waals surface area contributed by atoms with Crippen LogP contribution in [-0.2, 0) is 19.6 Å². The van der Waals surface area contributed by atoms with Gasteiger partial charge in [0, 0.05) is 17.1 Å². The second-order valence-corrected chi connectivity index (χ2v) is 7.40. The predicted octanol–water partition coefficient (Wildman–Crippen LogP) is 3.42. The van der Waals surface area contributed by atoms with E-state index in [1.54, 1.807) is 43.3 Å². The average molecular weight is 343 g/mol. The average Bonchev–Trinajstić information content (AvgIpc) is 2.96. The first kappa shape index (κ1) is 16.3. The van der Waals surface area contributed by atoms with Crippen molar-refractivity contribution in [3.63, 3.8) is 0 Å². The number of aryl methyl sites for hydroxylation is 1. The quantitative estimate of drug-likeness (QED) is 0.666. The van der Waals surface area contributed by atoms with E-state index in [2.05, 4.69) is 0 Å². The molecule has 0 aliphatic heterocycles. The minimum atomic E-state index is -3.74. The smallest absolute Gasteiger partial charge is 0.293 e. The SMILES string of the molecule is Cc1ccc(S(=O)(=O)n2cc(C(C)OC=O)c3ccccc32)cc1. The molecule has 0 radical (unpaired) electrons. The van der Waals surface area contributed by atoms with Gasteiger partial charge in [0.25, 0.3) is 16.5 Å². The Morgan fingerprint density at radius 2 is 1.75 bits per heavy atom. The fourth-order valence-electron chi connectivity index (χ4n) is 2.68. The van der Waals surface area contributed by atoms with Gasteiger partial charge >= 0.3 is 0 Å². The number of aromatic nitrogens is 1. The summed E-state index contributed by atoms with van der Waals surface area (Å²) in [4.78, 5) is 10.8. The van der Waals surface area contributed by atoms with Crippen molar-refractivity contribution in [3.8, 4) is 0 Å². The van der Waals surface area contributed by atoms with Crippen LogP contribution in [0, 0.1) is 6.92 Å². The van der Waals surface area contributed by atoms with Crippen LogP contribution in [0.4, 0.5) is 0 Å². The van der Waals surface area contributed by atoms with E-state index in [0.29, 0.717) is 17.6 Å². The molecule has 1 heterocycles. The number of hydrogen-bond acceptors (Lipinski definition) is 4. The monoisotopic (exact) mass is 343 g/mol. The highest BCUT2D eigenvalue weighted by molar-refractivity contribution is 7.90. The van der Waals surface area contributed by atoms with Gasteiger partial charge in [0.2, 0.25) is 0 Å². The first-order valence-electron chi connectivity index (χ1n) is 7.46. The Labute approximate surface area is 140 Å². The van der Waals surface area contributed by atoms with E-state index in [-0.39, 0.29) is 4.90 Å². The second kappa shape index (κ2) is 6.13. The molecule has 1 atom stereocenters. The summed E-state index contributed by atoms with van der Waals surface area (Å²) in [5.41, 5.74) is 2.18. The standard InChI is InChI=1S/C18H17NO4S/c1-13-7-9-15(10-8-13)24(21,22)19-11-17(14(2)23-12-20)16-5-3-4-6-18(16)19/h3-12,14H,1-2H3. The van der Waals surface area contributed by atoms with Crippen LogP contribution in [0.3, 0.4) is 0 Å². The molecular formula is C18H17NO4S. The Bertz CT molecular complexity index is 988. The molecule has 124 valence electrons. The molecule has 1 unspecified atom stereocenters. The molecule has 0 bridgehead atoms. The van der Waals surface area contributed by atoms with E-state index in [4.69, 9.17) is 4.74 Å². The molecule has 3 rings (SSSR count). The van der Waals surface area contributed by atoms with Gasteiger partial charge < -0.3 is 4.74 Å². The maximum Gasteiger partial charge on any atom is 0.293 e. The van der Waals surface area contributed by atoms with Crippen LogP contribution in [0.2, 0.25) is 0 Å². The van der Waals surface area contributed by atoms with Gasteiger partial charge in [-0.05, 0) is 32.0 Å². The Morgan fingerprint density at radius 3 is 2.42 bits per heavy atom. The van der Waals surface area contributed by atoms with Crippen LogP contribution in [0.15, 0.2) is 59.6 Å². The van der Waals surface area contributed by atoms with Crippen molar-refractivity contribution in [1.29, 1.82) is 0 Å². The van der Waals surface area contributed by atoms with Gasteiger partial charge in [0.05, 0.1) is 10.4 Å². The lowest BCUT2D eigenvalue weighted by Gasteiger charge is -2.08. The van der Waals surface area contributed by atoms with Crippen molar-refractivity contribution in [1.82, 2.24) is 3.97 Å². The summed E-state index contributed by atoms with van der Waals surface area (Å²) in [5, 5.41) is 0.738.